The van der Waals surface area contributed by atoms with Crippen LogP contribution in [0.4, 0.5) is 4.79 Å². The molecule has 6 nitrogen and oxygen atoms in total. The molecule has 0 bridgehead atoms. The Morgan fingerprint density at radius 3 is 2.86 bits per heavy atom. The molecule has 29 heavy (non-hydrogen) atoms. The Morgan fingerprint density at radius 1 is 1.17 bits per heavy atom. The monoisotopic (exact) mass is 387 g/mol. The van der Waals surface area contributed by atoms with Gasteiger partial charge in [0.05, 0.1) is 31.2 Å². The van der Waals surface area contributed by atoms with Crippen LogP contribution in [-0.4, -0.2) is 37.7 Å². The fraction of sp³-hybridized carbons (Fsp3) is 0.174. The number of methoxy groups -OCH3 is 1. The van der Waals surface area contributed by atoms with Gasteiger partial charge >= 0.3 is 6.03 Å². The molecule has 0 saturated heterocycles. The van der Waals surface area contributed by atoms with Crippen molar-refractivity contribution in [2.75, 3.05) is 13.7 Å². The van der Waals surface area contributed by atoms with Gasteiger partial charge in [-0.05, 0) is 41.5 Å². The molecule has 0 saturated carbocycles. The average molecular weight is 387 g/mol. The third-order valence-corrected chi connectivity index (χ3v) is 4.60. The lowest BCUT2D eigenvalue weighted by molar-refractivity contribution is 0.253. The van der Waals surface area contributed by atoms with Crippen LogP contribution >= 0.6 is 0 Å². The first-order valence-corrected chi connectivity index (χ1v) is 9.39. The lowest BCUT2D eigenvalue weighted by Crippen LogP contribution is -2.18. The number of carbonyl (C=O) groups excluding carboxylic acids is 1. The van der Waals surface area contributed by atoms with Gasteiger partial charge in [-0.2, -0.15) is 4.99 Å². The number of hydrogen-bond donors (Lipinski definition) is 1. The number of hydrogen-bond acceptors (Lipinski definition) is 4. The first-order chi connectivity index (χ1) is 14.2. The molecule has 0 radical (unpaired) electrons. The van der Waals surface area contributed by atoms with E-state index in [1.807, 2.05) is 48.6 Å². The summed E-state index contributed by atoms with van der Waals surface area (Å²) in [6, 6.07) is 15.4. The molecule has 4 rings (SSSR count). The predicted molar refractivity (Wildman–Crippen MR) is 113 cm³/mol. The van der Waals surface area contributed by atoms with Gasteiger partial charge in [-0.1, -0.05) is 36.4 Å². The van der Waals surface area contributed by atoms with E-state index in [0.717, 1.165) is 12.0 Å². The van der Waals surface area contributed by atoms with E-state index in [-0.39, 0.29) is 12.1 Å². The summed E-state index contributed by atoms with van der Waals surface area (Å²) in [6.45, 7) is 0.573. The number of benzene rings is 2. The lowest BCUT2D eigenvalue weighted by atomic mass is 10.1. The normalized spacial score (nSPS) is 17.6. The Labute approximate surface area is 169 Å². The molecule has 1 N–H and O–H groups in total. The molecule has 2 aromatic carbocycles. The number of nitrogens with one attached hydrogen (secondary N) is 1. The highest BCUT2D eigenvalue weighted by molar-refractivity contribution is 6.19. The molecule has 1 aliphatic carbocycles. The molecule has 6 heteroatoms. The van der Waals surface area contributed by atoms with Crippen molar-refractivity contribution >= 4 is 18.0 Å². The van der Waals surface area contributed by atoms with E-state index in [1.165, 1.54) is 5.56 Å². The largest absolute Gasteiger partial charge is 0.493 e. The maximum absolute atomic E-state index is 11.3. The van der Waals surface area contributed by atoms with Crippen LogP contribution in [0.2, 0.25) is 0 Å². The van der Waals surface area contributed by atoms with Crippen LogP contribution in [0.5, 0.6) is 11.5 Å². The molecule has 0 fully saturated rings. The summed E-state index contributed by atoms with van der Waals surface area (Å²) in [5, 5.41) is 2.70. The van der Waals surface area contributed by atoms with Crippen molar-refractivity contribution in [3.05, 3.63) is 83.6 Å². The maximum Gasteiger partial charge on any atom is 0.346 e. The van der Waals surface area contributed by atoms with E-state index in [1.54, 1.807) is 19.4 Å². The molecular weight excluding hydrogens is 366 g/mol. The number of aliphatic imine (C=N–C) groups is 2. The number of fused-ring (bicyclic) bond motifs is 1. The molecule has 0 spiro atoms. The molecule has 1 aliphatic heterocycles. The predicted octanol–water partition coefficient (Wildman–Crippen LogP) is 3.72. The quantitative estimate of drug-likeness (QED) is 0.736. The van der Waals surface area contributed by atoms with Gasteiger partial charge < -0.3 is 14.8 Å². The van der Waals surface area contributed by atoms with E-state index in [4.69, 9.17) is 9.47 Å². The van der Waals surface area contributed by atoms with Gasteiger partial charge in [0, 0.05) is 12.6 Å². The first-order valence-electron chi connectivity index (χ1n) is 9.39. The zero-order chi connectivity index (χ0) is 20.1. The molecule has 2 aromatic rings. The number of rotatable bonds is 7. The minimum absolute atomic E-state index is 0.157. The van der Waals surface area contributed by atoms with Crippen molar-refractivity contribution in [3.8, 4) is 11.5 Å². The summed E-state index contributed by atoms with van der Waals surface area (Å²) in [7, 11) is 1.62. The van der Waals surface area contributed by atoms with Gasteiger partial charge in [-0.3, -0.25) is 4.99 Å². The van der Waals surface area contributed by atoms with Crippen LogP contribution in [0.25, 0.3) is 0 Å². The van der Waals surface area contributed by atoms with Crippen LogP contribution in [0.1, 0.15) is 11.1 Å². The van der Waals surface area contributed by atoms with Gasteiger partial charge in [0.15, 0.2) is 11.5 Å². The third-order valence-electron chi connectivity index (χ3n) is 4.60. The minimum atomic E-state index is -0.340. The Morgan fingerprint density at radius 2 is 2.03 bits per heavy atom. The van der Waals surface area contributed by atoms with E-state index in [9.17, 15) is 4.79 Å². The van der Waals surface area contributed by atoms with Crippen LogP contribution in [0, 0.1) is 0 Å². The molecule has 1 atom stereocenters. The number of amides is 2. The van der Waals surface area contributed by atoms with Crippen LogP contribution in [0.3, 0.4) is 0 Å². The van der Waals surface area contributed by atoms with Gasteiger partial charge in [0.25, 0.3) is 0 Å². The highest BCUT2D eigenvalue weighted by Crippen LogP contribution is 2.28. The highest BCUT2D eigenvalue weighted by atomic mass is 16.5. The third kappa shape index (κ3) is 4.60. The van der Waals surface area contributed by atoms with Crippen LogP contribution < -0.4 is 14.8 Å². The van der Waals surface area contributed by atoms with Crippen molar-refractivity contribution in [2.24, 2.45) is 9.98 Å². The topological polar surface area (TPSA) is 72.3 Å². The zero-order valence-electron chi connectivity index (χ0n) is 16.0. The fourth-order valence-corrected chi connectivity index (χ4v) is 3.12. The molecule has 2 aliphatic rings. The number of nitrogens with zero attached hydrogens (tertiary/aromatic N) is 2. The molecule has 2 amide bonds. The van der Waals surface area contributed by atoms with Crippen molar-refractivity contribution in [2.45, 2.75) is 12.5 Å². The Hall–Kier alpha value is -3.67. The summed E-state index contributed by atoms with van der Waals surface area (Å²) in [5.41, 5.74) is 3.50. The van der Waals surface area contributed by atoms with Gasteiger partial charge in [0.1, 0.15) is 0 Å². The second-order valence-electron chi connectivity index (χ2n) is 6.63. The fourth-order valence-electron chi connectivity index (χ4n) is 3.12. The van der Waals surface area contributed by atoms with Crippen molar-refractivity contribution < 1.29 is 14.3 Å². The number of allylic oxidation sites excluding steroid dienone is 1. The lowest BCUT2D eigenvalue weighted by Gasteiger charge is -2.12. The maximum atomic E-state index is 11.3. The highest BCUT2D eigenvalue weighted by Gasteiger charge is 2.21. The van der Waals surface area contributed by atoms with Crippen LogP contribution in [0.15, 0.2) is 82.4 Å². The summed E-state index contributed by atoms with van der Waals surface area (Å²) in [6.07, 6.45) is 8.19. The van der Waals surface area contributed by atoms with Crippen molar-refractivity contribution in [3.63, 3.8) is 0 Å². The Kier molecular flexibility index (Phi) is 5.52. The van der Waals surface area contributed by atoms with E-state index < -0.39 is 0 Å². The molecule has 146 valence electrons. The van der Waals surface area contributed by atoms with Gasteiger partial charge in [-0.25, -0.2) is 4.79 Å². The second kappa shape index (κ2) is 8.56. The Bertz CT molecular complexity index is 1020. The molecule has 0 aromatic heterocycles. The molecule has 1 heterocycles. The van der Waals surface area contributed by atoms with E-state index in [2.05, 4.69) is 27.4 Å². The number of urea groups is 1. The van der Waals surface area contributed by atoms with E-state index in [0.29, 0.717) is 29.5 Å². The van der Waals surface area contributed by atoms with Crippen molar-refractivity contribution in [1.82, 2.24) is 5.32 Å². The zero-order valence-corrected chi connectivity index (χ0v) is 16.0. The van der Waals surface area contributed by atoms with Crippen LogP contribution in [-0.2, 0) is 6.42 Å². The smallest absolute Gasteiger partial charge is 0.346 e. The number of ether oxygens (including phenoxy) is 2. The molecular formula is C23H21N3O3. The van der Waals surface area contributed by atoms with Gasteiger partial charge in [-0.15, -0.1) is 0 Å². The summed E-state index contributed by atoms with van der Waals surface area (Å²) in [4.78, 5) is 19.7. The first kappa shape index (κ1) is 18.7. The molecule has 1 unspecified atom stereocenters. The summed E-state index contributed by atoms with van der Waals surface area (Å²) < 4.78 is 11.4. The van der Waals surface area contributed by atoms with Gasteiger partial charge in [0.2, 0.25) is 0 Å². The summed E-state index contributed by atoms with van der Waals surface area (Å²) >= 11 is 0. The summed E-state index contributed by atoms with van der Waals surface area (Å²) in [5.74, 6) is 1.37. The minimum Gasteiger partial charge on any atom is -0.493 e. The second-order valence-corrected chi connectivity index (χ2v) is 6.63. The standard InChI is InChI=1S/C23H21N3O3/c1-28-22-13-17(7-10-21(22)29-12-11-16-5-3-2-4-6-16)15-24-18-8-9-19-20(14-18)26-23(27)25-19/h2-10,13-15,18H,11-12H2,1H3,(H,26,27). The van der Waals surface area contributed by atoms with Crippen molar-refractivity contribution in [1.29, 1.82) is 0 Å². The van der Waals surface area contributed by atoms with E-state index >= 15 is 0 Å². The SMILES string of the molecule is COc1cc(C=NC2C=CC3=NC(=O)NC3=C2)ccc1OCCc1ccccc1. The average Bonchev–Trinajstić information content (AvgIpc) is 3.13. The Balaban J connectivity index is 1.39. The number of carbonyl (C=O) groups is 1.